The Morgan fingerprint density at radius 1 is 1.00 bits per heavy atom. The zero-order chi connectivity index (χ0) is 14.3. The van der Waals surface area contributed by atoms with E-state index in [0.29, 0.717) is 6.10 Å². The first-order chi connectivity index (χ1) is 10.4. The second kappa shape index (κ2) is 7.95. The van der Waals surface area contributed by atoms with Gasteiger partial charge in [0.15, 0.2) is 0 Å². The molecule has 1 atom stereocenters. The molecule has 2 heteroatoms. The third-order valence-corrected chi connectivity index (χ3v) is 5.07. The van der Waals surface area contributed by atoms with Gasteiger partial charge in [-0.1, -0.05) is 43.5 Å². The molecule has 1 saturated carbocycles. The van der Waals surface area contributed by atoms with E-state index in [0.717, 1.165) is 19.1 Å². The van der Waals surface area contributed by atoms with Gasteiger partial charge in [0.25, 0.3) is 0 Å². The topological polar surface area (TPSA) is 21.3 Å². The lowest BCUT2D eigenvalue weighted by Gasteiger charge is -2.26. The Labute approximate surface area is 129 Å². The SMILES string of the molecule is c1ccc2c(c1)CCCC2OCCNCC1CCCCC1. The van der Waals surface area contributed by atoms with E-state index in [1.807, 2.05) is 0 Å². The maximum atomic E-state index is 6.14. The molecule has 1 aromatic rings. The van der Waals surface area contributed by atoms with Gasteiger partial charge < -0.3 is 10.1 Å². The highest BCUT2D eigenvalue weighted by molar-refractivity contribution is 5.31. The van der Waals surface area contributed by atoms with Crippen LogP contribution in [0, 0.1) is 5.92 Å². The van der Waals surface area contributed by atoms with E-state index in [1.165, 1.54) is 69.0 Å². The van der Waals surface area contributed by atoms with Gasteiger partial charge in [-0.05, 0) is 55.7 Å². The third-order valence-electron chi connectivity index (χ3n) is 5.07. The highest BCUT2D eigenvalue weighted by atomic mass is 16.5. The largest absolute Gasteiger partial charge is 0.372 e. The summed E-state index contributed by atoms with van der Waals surface area (Å²) in [5.41, 5.74) is 2.92. The van der Waals surface area contributed by atoms with Crippen molar-refractivity contribution in [2.45, 2.75) is 57.5 Å². The summed E-state index contributed by atoms with van der Waals surface area (Å²) in [6, 6.07) is 8.79. The summed E-state index contributed by atoms with van der Waals surface area (Å²) in [4.78, 5) is 0. The van der Waals surface area contributed by atoms with E-state index in [-0.39, 0.29) is 0 Å². The van der Waals surface area contributed by atoms with Crippen LogP contribution < -0.4 is 5.32 Å². The molecule has 0 radical (unpaired) electrons. The molecule has 1 unspecified atom stereocenters. The van der Waals surface area contributed by atoms with Crippen LogP contribution in [0.5, 0.6) is 0 Å². The van der Waals surface area contributed by atoms with Gasteiger partial charge in [0.2, 0.25) is 0 Å². The van der Waals surface area contributed by atoms with Crippen molar-refractivity contribution in [2.75, 3.05) is 19.7 Å². The molecule has 2 nitrogen and oxygen atoms in total. The monoisotopic (exact) mass is 287 g/mol. The summed E-state index contributed by atoms with van der Waals surface area (Å²) >= 11 is 0. The Balaban J connectivity index is 1.36. The van der Waals surface area contributed by atoms with Crippen LogP contribution in [0.1, 0.15) is 62.2 Å². The average molecular weight is 287 g/mol. The molecule has 0 amide bonds. The second-order valence-electron chi connectivity index (χ2n) is 6.66. The number of hydrogen-bond donors (Lipinski definition) is 1. The van der Waals surface area contributed by atoms with E-state index < -0.39 is 0 Å². The van der Waals surface area contributed by atoms with Crippen LogP contribution >= 0.6 is 0 Å². The normalized spacial score (nSPS) is 23.0. The molecule has 116 valence electrons. The lowest BCUT2D eigenvalue weighted by molar-refractivity contribution is 0.0422. The first kappa shape index (κ1) is 15.1. The molecule has 21 heavy (non-hydrogen) atoms. The summed E-state index contributed by atoms with van der Waals surface area (Å²) in [6.07, 6.45) is 11.1. The molecule has 0 spiro atoms. The number of nitrogens with one attached hydrogen (secondary N) is 1. The van der Waals surface area contributed by atoms with Gasteiger partial charge in [-0.3, -0.25) is 0 Å². The minimum Gasteiger partial charge on any atom is -0.372 e. The number of aryl methyl sites for hydroxylation is 1. The minimum atomic E-state index is 0.325. The molecule has 1 fully saturated rings. The zero-order valence-electron chi connectivity index (χ0n) is 13.2. The molecule has 3 rings (SSSR count). The van der Waals surface area contributed by atoms with Crippen molar-refractivity contribution in [3.05, 3.63) is 35.4 Å². The molecule has 0 aromatic heterocycles. The van der Waals surface area contributed by atoms with Gasteiger partial charge in [-0.15, -0.1) is 0 Å². The van der Waals surface area contributed by atoms with Gasteiger partial charge in [0, 0.05) is 6.54 Å². The van der Waals surface area contributed by atoms with Crippen LogP contribution in [-0.4, -0.2) is 19.7 Å². The number of benzene rings is 1. The van der Waals surface area contributed by atoms with Crippen LogP contribution in [0.2, 0.25) is 0 Å². The Kier molecular flexibility index (Phi) is 5.70. The fraction of sp³-hybridized carbons (Fsp3) is 0.684. The van der Waals surface area contributed by atoms with E-state index in [2.05, 4.69) is 29.6 Å². The van der Waals surface area contributed by atoms with Gasteiger partial charge >= 0.3 is 0 Å². The molecule has 0 aliphatic heterocycles. The van der Waals surface area contributed by atoms with E-state index >= 15 is 0 Å². The summed E-state index contributed by atoms with van der Waals surface area (Å²) < 4.78 is 6.14. The average Bonchev–Trinajstić information content (AvgIpc) is 2.56. The molecule has 2 aliphatic carbocycles. The first-order valence-corrected chi connectivity index (χ1v) is 8.83. The molecule has 0 bridgehead atoms. The number of hydrogen-bond acceptors (Lipinski definition) is 2. The Bertz CT molecular complexity index is 425. The number of rotatable bonds is 6. The van der Waals surface area contributed by atoms with Crippen molar-refractivity contribution in [3.63, 3.8) is 0 Å². The van der Waals surface area contributed by atoms with Crippen LogP contribution in [0.15, 0.2) is 24.3 Å². The van der Waals surface area contributed by atoms with Gasteiger partial charge in [0.1, 0.15) is 0 Å². The fourth-order valence-electron chi connectivity index (χ4n) is 3.85. The number of ether oxygens (including phenoxy) is 1. The van der Waals surface area contributed by atoms with E-state index in [4.69, 9.17) is 4.74 Å². The summed E-state index contributed by atoms with van der Waals surface area (Å²) in [5.74, 6) is 0.911. The van der Waals surface area contributed by atoms with E-state index in [1.54, 1.807) is 0 Å². The molecule has 0 heterocycles. The standard InChI is InChI=1S/C19H29NO/c1-2-7-16(8-3-1)15-20-13-14-21-19-12-6-10-17-9-4-5-11-18(17)19/h4-5,9,11,16,19-20H,1-3,6-8,10,12-15H2. The Hall–Kier alpha value is -0.860. The lowest BCUT2D eigenvalue weighted by atomic mass is 9.89. The van der Waals surface area contributed by atoms with Crippen LogP contribution in [0.4, 0.5) is 0 Å². The van der Waals surface area contributed by atoms with Crippen molar-refractivity contribution in [1.82, 2.24) is 5.32 Å². The van der Waals surface area contributed by atoms with Crippen LogP contribution in [0.25, 0.3) is 0 Å². The highest BCUT2D eigenvalue weighted by Crippen LogP contribution is 2.32. The predicted molar refractivity (Wildman–Crippen MR) is 87.5 cm³/mol. The minimum absolute atomic E-state index is 0.325. The van der Waals surface area contributed by atoms with Crippen LogP contribution in [0.3, 0.4) is 0 Å². The van der Waals surface area contributed by atoms with Gasteiger partial charge in [0.05, 0.1) is 12.7 Å². The maximum absolute atomic E-state index is 6.14. The molecule has 1 aromatic carbocycles. The molecule has 1 N–H and O–H groups in total. The van der Waals surface area contributed by atoms with Crippen molar-refractivity contribution in [2.24, 2.45) is 5.92 Å². The highest BCUT2D eigenvalue weighted by Gasteiger charge is 2.20. The first-order valence-electron chi connectivity index (χ1n) is 8.83. The quantitative estimate of drug-likeness (QED) is 0.790. The van der Waals surface area contributed by atoms with Gasteiger partial charge in [-0.25, -0.2) is 0 Å². The number of fused-ring (bicyclic) bond motifs is 1. The van der Waals surface area contributed by atoms with Gasteiger partial charge in [-0.2, -0.15) is 0 Å². The van der Waals surface area contributed by atoms with Crippen molar-refractivity contribution < 1.29 is 4.74 Å². The molecule has 0 saturated heterocycles. The summed E-state index contributed by atoms with van der Waals surface area (Å²) in [5, 5.41) is 3.59. The lowest BCUT2D eigenvalue weighted by Crippen LogP contribution is -2.28. The maximum Gasteiger partial charge on any atom is 0.0828 e. The summed E-state index contributed by atoms with van der Waals surface area (Å²) in [7, 11) is 0. The second-order valence-corrected chi connectivity index (χ2v) is 6.66. The van der Waals surface area contributed by atoms with E-state index in [9.17, 15) is 0 Å². The van der Waals surface area contributed by atoms with Crippen molar-refractivity contribution >= 4 is 0 Å². The third kappa shape index (κ3) is 4.31. The molecular formula is C19H29NO. The fourth-order valence-corrected chi connectivity index (χ4v) is 3.85. The predicted octanol–water partition coefficient (Wildman–Crippen LogP) is 4.25. The molecule has 2 aliphatic rings. The molecular weight excluding hydrogens is 258 g/mol. The van der Waals surface area contributed by atoms with Crippen LogP contribution in [-0.2, 0) is 11.2 Å². The Morgan fingerprint density at radius 3 is 2.76 bits per heavy atom. The smallest absolute Gasteiger partial charge is 0.0828 e. The Morgan fingerprint density at radius 2 is 1.86 bits per heavy atom. The van der Waals surface area contributed by atoms with Crippen molar-refractivity contribution in [1.29, 1.82) is 0 Å². The zero-order valence-corrected chi connectivity index (χ0v) is 13.2. The van der Waals surface area contributed by atoms with Crippen molar-refractivity contribution in [3.8, 4) is 0 Å². The summed E-state index contributed by atoms with van der Waals surface area (Å²) in [6.45, 7) is 3.02.